The summed E-state index contributed by atoms with van der Waals surface area (Å²) in [4.78, 5) is 15.9. The highest BCUT2D eigenvalue weighted by molar-refractivity contribution is 9.10. The third-order valence-corrected chi connectivity index (χ3v) is 3.12. The molecule has 1 aromatic heterocycles. The fourth-order valence-corrected chi connectivity index (χ4v) is 2.13. The van der Waals surface area contributed by atoms with Gasteiger partial charge in [0.05, 0.1) is 0 Å². The van der Waals surface area contributed by atoms with Crippen molar-refractivity contribution in [2.24, 2.45) is 0 Å². The molecule has 0 radical (unpaired) electrons. The number of aliphatic hydroxyl groups excluding tert-OH is 1. The Bertz CT molecular complexity index is 652. The normalized spacial score (nSPS) is 10.2. The molecule has 0 unspecified atom stereocenters. The van der Waals surface area contributed by atoms with E-state index in [9.17, 15) is 9.18 Å². The third-order valence-electron chi connectivity index (χ3n) is 2.69. The van der Waals surface area contributed by atoms with Crippen LogP contribution in [0.25, 0.3) is 0 Å². The Balaban J connectivity index is 2.10. The van der Waals surface area contributed by atoms with E-state index in [2.05, 4.69) is 31.5 Å². The van der Waals surface area contributed by atoms with Crippen molar-refractivity contribution < 1.29 is 14.3 Å². The molecule has 2 aromatic rings. The number of carbonyl (C=O) groups is 1. The number of hydrogen-bond donors (Lipinski definition) is 3. The van der Waals surface area contributed by atoms with Gasteiger partial charge >= 0.3 is 6.03 Å². The number of aromatic nitrogens is 1. The Morgan fingerprint density at radius 2 is 2.10 bits per heavy atom. The number of pyridine rings is 1. The van der Waals surface area contributed by atoms with Gasteiger partial charge in [0.15, 0.2) is 0 Å². The topological polar surface area (TPSA) is 74.2 Å². The molecular formula is C14H13BrFN3O2. The van der Waals surface area contributed by atoms with E-state index in [0.717, 1.165) is 0 Å². The highest BCUT2D eigenvalue weighted by Gasteiger charge is 2.08. The lowest BCUT2D eigenvalue weighted by molar-refractivity contribution is 0.262. The van der Waals surface area contributed by atoms with Crippen molar-refractivity contribution in [2.75, 3.05) is 17.2 Å². The zero-order valence-corrected chi connectivity index (χ0v) is 12.5. The summed E-state index contributed by atoms with van der Waals surface area (Å²) in [5.41, 5.74) is 1.54. The lowest BCUT2D eigenvalue weighted by atomic mass is 10.1. The zero-order chi connectivity index (χ0) is 15.2. The van der Waals surface area contributed by atoms with Gasteiger partial charge in [0.25, 0.3) is 0 Å². The molecule has 0 saturated heterocycles. The molecule has 0 aliphatic heterocycles. The predicted octanol–water partition coefficient (Wildman–Crippen LogP) is 3.16. The molecule has 21 heavy (non-hydrogen) atoms. The standard InChI is InChI=1S/C14H13BrFN3O2/c15-13-8-11(3-5-17-13)18-14(21)19-12-7-10(16)2-1-9(12)4-6-20/h1-3,5,7-8,20H,4,6H2,(H2,17,18,19,21). The molecule has 0 bridgehead atoms. The second-order valence-electron chi connectivity index (χ2n) is 4.22. The van der Waals surface area contributed by atoms with Crippen LogP contribution in [0, 0.1) is 5.82 Å². The molecule has 7 heteroatoms. The summed E-state index contributed by atoms with van der Waals surface area (Å²) in [6, 6.07) is 6.80. The van der Waals surface area contributed by atoms with Crippen LogP contribution in [0.2, 0.25) is 0 Å². The average molecular weight is 354 g/mol. The number of amides is 2. The highest BCUT2D eigenvalue weighted by atomic mass is 79.9. The van der Waals surface area contributed by atoms with Crippen LogP contribution in [-0.2, 0) is 6.42 Å². The maximum Gasteiger partial charge on any atom is 0.323 e. The monoisotopic (exact) mass is 353 g/mol. The smallest absolute Gasteiger partial charge is 0.323 e. The van der Waals surface area contributed by atoms with Gasteiger partial charge < -0.3 is 15.7 Å². The van der Waals surface area contributed by atoms with Crippen LogP contribution < -0.4 is 10.6 Å². The molecule has 2 amide bonds. The molecule has 0 aliphatic rings. The SMILES string of the molecule is O=C(Nc1ccnc(Br)c1)Nc1cc(F)ccc1CCO. The second-order valence-corrected chi connectivity index (χ2v) is 5.03. The first-order chi connectivity index (χ1) is 10.1. The number of halogens is 2. The van der Waals surface area contributed by atoms with Crippen LogP contribution in [0.5, 0.6) is 0 Å². The number of benzene rings is 1. The first-order valence-electron chi connectivity index (χ1n) is 6.17. The number of aliphatic hydroxyl groups is 1. The van der Waals surface area contributed by atoms with Gasteiger partial charge in [0.2, 0.25) is 0 Å². The van der Waals surface area contributed by atoms with E-state index in [1.54, 1.807) is 18.3 Å². The minimum Gasteiger partial charge on any atom is -0.396 e. The summed E-state index contributed by atoms with van der Waals surface area (Å²) >= 11 is 3.20. The summed E-state index contributed by atoms with van der Waals surface area (Å²) in [6.45, 7) is -0.0841. The van der Waals surface area contributed by atoms with Crippen molar-refractivity contribution in [2.45, 2.75) is 6.42 Å². The largest absolute Gasteiger partial charge is 0.396 e. The molecule has 0 fully saturated rings. The fraction of sp³-hybridized carbons (Fsp3) is 0.143. The summed E-state index contributed by atoms with van der Waals surface area (Å²) in [6.07, 6.45) is 1.87. The van der Waals surface area contributed by atoms with E-state index < -0.39 is 11.8 Å². The van der Waals surface area contributed by atoms with Crippen LogP contribution in [0.3, 0.4) is 0 Å². The molecule has 2 rings (SSSR count). The predicted molar refractivity (Wildman–Crippen MR) is 81.8 cm³/mol. The fourth-order valence-electron chi connectivity index (χ4n) is 1.77. The number of nitrogens with one attached hydrogen (secondary N) is 2. The molecule has 5 nitrogen and oxygen atoms in total. The molecule has 0 atom stereocenters. The quantitative estimate of drug-likeness (QED) is 0.739. The molecular weight excluding hydrogens is 341 g/mol. The van der Waals surface area contributed by atoms with Crippen molar-refractivity contribution in [3.05, 3.63) is 52.5 Å². The highest BCUT2D eigenvalue weighted by Crippen LogP contribution is 2.19. The van der Waals surface area contributed by atoms with E-state index in [1.165, 1.54) is 18.2 Å². The van der Waals surface area contributed by atoms with Gasteiger partial charge in [-0.2, -0.15) is 0 Å². The van der Waals surface area contributed by atoms with E-state index in [1.807, 2.05) is 0 Å². The van der Waals surface area contributed by atoms with Crippen LogP contribution in [0.15, 0.2) is 41.1 Å². The molecule has 0 spiro atoms. The van der Waals surface area contributed by atoms with Crippen molar-refractivity contribution >= 4 is 33.3 Å². The molecule has 1 aromatic carbocycles. The number of carbonyl (C=O) groups excluding carboxylic acids is 1. The Hall–Kier alpha value is -1.99. The lowest BCUT2D eigenvalue weighted by Crippen LogP contribution is -2.20. The first-order valence-corrected chi connectivity index (χ1v) is 6.96. The van der Waals surface area contributed by atoms with Gasteiger partial charge in [0, 0.05) is 24.2 Å². The first kappa shape index (κ1) is 15.4. The minimum atomic E-state index is -0.502. The van der Waals surface area contributed by atoms with E-state index in [-0.39, 0.29) is 6.61 Å². The molecule has 0 aliphatic carbocycles. The Labute approximate surface area is 129 Å². The number of urea groups is 1. The Morgan fingerprint density at radius 3 is 2.81 bits per heavy atom. The Morgan fingerprint density at radius 1 is 1.29 bits per heavy atom. The van der Waals surface area contributed by atoms with Crippen molar-refractivity contribution in [3.63, 3.8) is 0 Å². The Kier molecular flexibility index (Phi) is 5.24. The van der Waals surface area contributed by atoms with E-state index in [0.29, 0.717) is 28.0 Å². The maximum atomic E-state index is 13.3. The van der Waals surface area contributed by atoms with Crippen LogP contribution >= 0.6 is 15.9 Å². The second kappa shape index (κ2) is 7.14. The van der Waals surface area contributed by atoms with Crippen molar-refractivity contribution in [1.29, 1.82) is 0 Å². The molecule has 110 valence electrons. The van der Waals surface area contributed by atoms with Gasteiger partial charge in [-0.15, -0.1) is 0 Å². The van der Waals surface area contributed by atoms with Crippen LogP contribution in [0.4, 0.5) is 20.6 Å². The number of rotatable bonds is 4. The van der Waals surface area contributed by atoms with Gasteiger partial charge in [-0.05, 0) is 52.2 Å². The number of anilines is 2. The van der Waals surface area contributed by atoms with Gasteiger partial charge in [-0.25, -0.2) is 14.2 Å². The zero-order valence-electron chi connectivity index (χ0n) is 10.9. The van der Waals surface area contributed by atoms with Gasteiger partial charge in [0.1, 0.15) is 10.4 Å². The maximum absolute atomic E-state index is 13.3. The minimum absolute atomic E-state index is 0.0841. The van der Waals surface area contributed by atoms with Crippen molar-refractivity contribution in [3.8, 4) is 0 Å². The average Bonchev–Trinajstić information content (AvgIpc) is 2.42. The molecule has 3 N–H and O–H groups in total. The summed E-state index contributed by atoms with van der Waals surface area (Å²) in [7, 11) is 0. The summed E-state index contributed by atoms with van der Waals surface area (Å²) < 4.78 is 13.9. The van der Waals surface area contributed by atoms with Gasteiger partial charge in [-0.1, -0.05) is 6.07 Å². The lowest BCUT2D eigenvalue weighted by Gasteiger charge is -2.11. The van der Waals surface area contributed by atoms with E-state index >= 15 is 0 Å². The summed E-state index contributed by atoms with van der Waals surface area (Å²) in [5, 5.41) is 14.2. The van der Waals surface area contributed by atoms with Crippen LogP contribution in [-0.4, -0.2) is 22.7 Å². The number of hydrogen-bond acceptors (Lipinski definition) is 3. The molecule has 1 heterocycles. The third kappa shape index (κ3) is 4.51. The summed E-state index contributed by atoms with van der Waals surface area (Å²) in [5.74, 6) is -0.460. The van der Waals surface area contributed by atoms with Crippen LogP contribution in [0.1, 0.15) is 5.56 Å². The van der Waals surface area contributed by atoms with E-state index in [4.69, 9.17) is 5.11 Å². The van der Waals surface area contributed by atoms with Crippen molar-refractivity contribution in [1.82, 2.24) is 4.98 Å². The number of nitrogens with zero attached hydrogens (tertiary/aromatic N) is 1. The molecule has 0 saturated carbocycles. The van der Waals surface area contributed by atoms with Gasteiger partial charge in [-0.3, -0.25) is 0 Å².